The Morgan fingerprint density at radius 2 is 0.903 bits per heavy atom. The molecule has 4 rings (SSSR count). The number of hydrogen-bond acceptors (Lipinski definition) is 0. The van der Waals surface area contributed by atoms with Crippen LogP contribution in [0.5, 0.6) is 0 Å². The SMILES string of the molecule is CC1=[C]([Ti+3])C(C)C([Si](c2ccccc2)(c2ccccc2)c2ccccc2)=C1C.[Cl-].[Cl-].[Cl-]. The Morgan fingerprint density at radius 3 is 1.16 bits per heavy atom. The van der Waals surface area contributed by atoms with E-state index in [0.717, 1.165) is 0 Å². The summed E-state index contributed by atoms with van der Waals surface area (Å²) in [7, 11) is -2.36. The first-order chi connectivity index (χ1) is 13.6. The molecule has 5 heteroatoms. The topological polar surface area (TPSA) is 0 Å². The van der Waals surface area contributed by atoms with Gasteiger partial charge in [0.15, 0.2) is 0 Å². The Morgan fingerprint density at radius 1 is 0.581 bits per heavy atom. The Balaban J connectivity index is 0.00000160. The molecule has 1 atom stereocenters. The van der Waals surface area contributed by atoms with E-state index in [4.69, 9.17) is 0 Å². The van der Waals surface area contributed by atoms with Gasteiger partial charge in [-0.15, -0.1) is 0 Å². The fraction of sp³-hybridized carbons (Fsp3) is 0.154. The quantitative estimate of drug-likeness (QED) is 0.241. The van der Waals surface area contributed by atoms with E-state index < -0.39 is 8.07 Å². The molecule has 0 saturated heterocycles. The summed E-state index contributed by atoms with van der Waals surface area (Å²) in [5.41, 5.74) is 2.97. The van der Waals surface area contributed by atoms with Gasteiger partial charge in [0, 0.05) is 0 Å². The third-order valence-electron chi connectivity index (χ3n) is 6.26. The molecule has 158 valence electrons. The van der Waals surface area contributed by atoms with Gasteiger partial charge in [-0.2, -0.15) is 0 Å². The molecule has 0 radical (unpaired) electrons. The molecule has 31 heavy (non-hydrogen) atoms. The zero-order valence-corrected chi connectivity index (χ0v) is 22.7. The third kappa shape index (κ3) is 4.69. The number of hydrogen-bond donors (Lipinski definition) is 0. The van der Waals surface area contributed by atoms with Gasteiger partial charge in [0.1, 0.15) is 0 Å². The largest absolute Gasteiger partial charge is 1.00 e. The molecule has 1 aliphatic rings. The van der Waals surface area contributed by atoms with Crippen molar-refractivity contribution in [2.24, 2.45) is 5.92 Å². The number of allylic oxidation sites excluding steroid dienone is 4. The summed E-state index contributed by atoms with van der Waals surface area (Å²) in [6.45, 7) is 7.05. The summed E-state index contributed by atoms with van der Waals surface area (Å²) < 4.78 is 1.52. The van der Waals surface area contributed by atoms with Gasteiger partial charge in [-0.25, -0.2) is 0 Å². The second kappa shape index (κ2) is 11.7. The zero-order chi connectivity index (χ0) is 19.7. The van der Waals surface area contributed by atoms with Crippen LogP contribution in [0.15, 0.2) is 111 Å². The predicted octanol–water partition coefficient (Wildman–Crippen LogP) is -4.50. The van der Waals surface area contributed by atoms with E-state index in [1.54, 1.807) is 5.20 Å². The molecule has 0 aromatic heterocycles. The summed E-state index contributed by atoms with van der Waals surface area (Å²) in [5.74, 6) is 0.465. The average Bonchev–Trinajstić information content (AvgIpc) is 2.95. The average molecular weight is 520 g/mol. The molecule has 0 heterocycles. The summed E-state index contributed by atoms with van der Waals surface area (Å²) in [6, 6.07) is 33.7. The fourth-order valence-corrected chi connectivity index (χ4v) is 11.1. The van der Waals surface area contributed by atoms with E-state index >= 15 is 0 Å². The second-order valence-corrected chi connectivity index (χ2v) is 12.3. The van der Waals surface area contributed by atoms with Crippen molar-refractivity contribution in [3.8, 4) is 0 Å². The summed E-state index contributed by atoms with van der Waals surface area (Å²) >= 11 is 2.32. The molecule has 0 N–H and O–H groups in total. The maximum atomic E-state index is 2.40. The molecule has 0 nitrogen and oxygen atoms in total. The van der Waals surface area contributed by atoms with Crippen molar-refractivity contribution in [3.63, 3.8) is 0 Å². The summed E-state index contributed by atoms with van der Waals surface area (Å²) in [6.07, 6.45) is 0. The predicted molar refractivity (Wildman–Crippen MR) is 119 cm³/mol. The summed E-state index contributed by atoms with van der Waals surface area (Å²) in [5, 5.41) is 6.05. The molecule has 0 bridgehead atoms. The Hall–Kier alpha value is -1.06. The van der Waals surface area contributed by atoms with E-state index in [9.17, 15) is 0 Å². The van der Waals surface area contributed by atoms with Crippen LogP contribution in [-0.4, -0.2) is 8.07 Å². The zero-order valence-electron chi connectivity index (χ0n) is 17.9. The molecule has 0 saturated carbocycles. The monoisotopic (exact) mass is 518 g/mol. The molecule has 0 amide bonds. The molecule has 3 aromatic carbocycles. The minimum atomic E-state index is -2.36. The van der Waals surface area contributed by atoms with Crippen LogP contribution in [0.25, 0.3) is 0 Å². The van der Waals surface area contributed by atoms with Crippen molar-refractivity contribution in [1.82, 2.24) is 0 Å². The van der Waals surface area contributed by atoms with Crippen molar-refractivity contribution < 1.29 is 57.7 Å². The minimum absolute atomic E-state index is 0. The van der Waals surface area contributed by atoms with Gasteiger partial charge in [0.25, 0.3) is 0 Å². The van der Waals surface area contributed by atoms with Gasteiger partial charge >= 0.3 is 182 Å². The molecule has 0 fully saturated rings. The first-order valence-corrected chi connectivity index (χ1v) is 12.7. The standard InChI is InChI=1S/C26H25Si.3ClH.Ti/c1-20-19-21(2)26(22(20)3)27(23-13-7-4-8-14-23,24-15-9-5-10-16-24)25-17-11-6-12-18-25;;;;/h4-18,21H,1-3H3;3*1H;/q;;;;+3/p-3. The Labute approximate surface area is 217 Å². The molecule has 1 unspecified atom stereocenters. The summed E-state index contributed by atoms with van der Waals surface area (Å²) in [4.78, 5) is 0. The maximum absolute atomic E-state index is 2.40. The Kier molecular flexibility index (Phi) is 10.6. The molecule has 0 spiro atoms. The van der Waals surface area contributed by atoms with Crippen molar-refractivity contribution in [2.75, 3.05) is 0 Å². The smallest absolute Gasteiger partial charge is 1.00 e. The second-order valence-electron chi connectivity index (χ2n) is 7.65. The Bertz CT molecular complexity index is 951. The molecular weight excluding hydrogens is 495 g/mol. The van der Waals surface area contributed by atoms with Crippen LogP contribution in [0.3, 0.4) is 0 Å². The van der Waals surface area contributed by atoms with Crippen LogP contribution in [0.1, 0.15) is 20.8 Å². The van der Waals surface area contributed by atoms with Gasteiger partial charge in [-0.05, 0) is 0 Å². The number of rotatable bonds is 4. The molecule has 0 aliphatic heterocycles. The minimum Gasteiger partial charge on any atom is -1.00 e. The van der Waals surface area contributed by atoms with Gasteiger partial charge in [-0.1, -0.05) is 0 Å². The van der Waals surface area contributed by atoms with Crippen molar-refractivity contribution in [3.05, 3.63) is 111 Å². The maximum Gasteiger partial charge on any atom is -1.00 e. The third-order valence-corrected chi connectivity index (χ3v) is 12.7. The fourth-order valence-electron chi connectivity index (χ4n) is 4.83. The molecule has 1 aliphatic carbocycles. The normalized spacial score (nSPS) is 15.7. The van der Waals surface area contributed by atoms with Crippen LogP contribution in [0.2, 0.25) is 0 Å². The van der Waals surface area contributed by atoms with E-state index in [1.807, 2.05) is 0 Å². The molecular formula is C26H25Cl3SiTi. The van der Waals surface area contributed by atoms with E-state index in [0.29, 0.717) is 5.92 Å². The van der Waals surface area contributed by atoms with Gasteiger partial charge in [0.2, 0.25) is 0 Å². The van der Waals surface area contributed by atoms with Crippen molar-refractivity contribution in [1.29, 1.82) is 0 Å². The molecule has 3 aromatic rings. The first kappa shape index (κ1) is 28.0. The van der Waals surface area contributed by atoms with Crippen LogP contribution in [-0.2, 0) is 20.4 Å². The van der Waals surface area contributed by atoms with Crippen LogP contribution < -0.4 is 52.8 Å². The van der Waals surface area contributed by atoms with Gasteiger partial charge < -0.3 is 37.2 Å². The van der Waals surface area contributed by atoms with Crippen molar-refractivity contribution in [2.45, 2.75) is 20.8 Å². The van der Waals surface area contributed by atoms with Crippen molar-refractivity contribution >= 4 is 23.6 Å². The van der Waals surface area contributed by atoms with Crippen LogP contribution in [0, 0.1) is 5.92 Å². The van der Waals surface area contributed by atoms with Gasteiger partial charge in [0.05, 0.1) is 0 Å². The van der Waals surface area contributed by atoms with E-state index in [1.165, 1.54) is 30.6 Å². The first-order valence-electron chi connectivity index (χ1n) is 9.89. The van der Waals surface area contributed by atoms with E-state index in [-0.39, 0.29) is 37.2 Å². The van der Waals surface area contributed by atoms with Gasteiger partial charge in [-0.3, -0.25) is 0 Å². The number of halogens is 3. The van der Waals surface area contributed by atoms with Crippen LogP contribution in [0.4, 0.5) is 0 Å². The number of benzene rings is 3. The van der Waals surface area contributed by atoms with E-state index in [2.05, 4.69) is 132 Å². The van der Waals surface area contributed by atoms with Crippen LogP contribution >= 0.6 is 0 Å².